The second-order valence-electron chi connectivity index (χ2n) is 3.55. The molecular formula is C13H16O4. The number of hydrogen-bond donors (Lipinski definition) is 0. The molecule has 0 amide bonds. The minimum atomic E-state index is -0.733. The molecule has 0 aliphatic heterocycles. The average molecular weight is 236 g/mol. The fourth-order valence-electron chi connectivity index (χ4n) is 1.44. The third-order valence-electron chi connectivity index (χ3n) is 2.41. The van der Waals surface area contributed by atoms with E-state index in [1.165, 1.54) is 7.11 Å². The predicted octanol–water partition coefficient (Wildman–Crippen LogP) is 1.83. The average Bonchev–Trinajstić information content (AvgIpc) is 2.38. The van der Waals surface area contributed by atoms with Crippen molar-refractivity contribution in [3.05, 3.63) is 30.3 Å². The van der Waals surface area contributed by atoms with Crippen LogP contribution in [0.3, 0.4) is 0 Å². The summed E-state index contributed by atoms with van der Waals surface area (Å²) in [7, 11) is 1.27. The lowest BCUT2D eigenvalue weighted by atomic mass is 10.0. The van der Waals surface area contributed by atoms with Gasteiger partial charge in [-0.3, -0.25) is 9.59 Å². The number of ether oxygens (including phenoxy) is 2. The summed E-state index contributed by atoms with van der Waals surface area (Å²) in [5.41, 5.74) is 0. The molecule has 0 N–H and O–H groups in total. The van der Waals surface area contributed by atoms with Gasteiger partial charge in [0.1, 0.15) is 18.3 Å². The Kier molecular flexibility index (Phi) is 5.20. The zero-order valence-corrected chi connectivity index (χ0v) is 10.0. The van der Waals surface area contributed by atoms with Crippen molar-refractivity contribution in [2.45, 2.75) is 13.3 Å². The van der Waals surface area contributed by atoms with E-state index in [1.54, 1.807) is 19.1 Å². The Bertz CT molecular complexity index is 372. The van der Waals surface area contributed by atoms with Crippen molar-refractivity contribution in [1.29, 1.82) is 0 Å². The second kappa shape index (κ2) is 6.68. The summed E-state index contributed by atoms with van der Waals surface area (Å²) in [5, 5.41) is 0. The Morgan fingerprint density at radius 3 is 2.41 bits per heavy atom. The van der Waals surface area contributed by atoms with Crippen LogP contribution in [0.15, 0.2) is 30.3 Å². The molecule has 4 heteroatoms. The zero-order chi connectivity index (χ0) is 12.7. The number of esters is 1. The number of benzene rings is 1. The molecule has 1 atom stereocenters. The van der Waals surface area contributed by atoms with E-state index >= 15 is 0 Å². The van der Waals surface area contributed by atoms with E-state index in [2.05, 4.69) is 4.74 Å². The lowest BCUT2D eigenvalue weighted by Crippen LogP contribution is -2.29. The number of para-hydroxylation sites is 1. The first-order valence-electron chi connectivity index (χ1n) is 5.47. The Balaban J connectivity index is 2.51. The third-order valence-corrected chi connectivity index (χ3v) is 2.41. The Morgan fingerprint density at radius 2 is 1.88 bits per heavy atom. The number of hydrogen-bond acceptors (Lipinski definition) is 4. The minimum Gasteiger partial charge on any atom is -0.486 e. The summed E-state index contributed by atoms with van der Waals surface area (Å²) in [6.07, 6.45) is 0.420. The van der Waals surface area contributed by atoms with Crippen molar-refractivity contribution in [3.8, 4) is 5.75 Å². The lowest BCUT2D eigenvalue weighted by molar-refractivity contribution is -0.150. The molecule has 0 spiro atoms. The number of ketones is 1. The molecule has 0 saturated carbocycles. The van der Waals surface area contributed by atoms with Gasteiger partial charge in [0.05, 0.1) is 7.11 Å². The van der Waals surface area contributed by atoms with Gasteiger partial charge in [-0.05, 0) is 18.6 Å². The van der Waals surface area contributed by atoms with Crippen molar-refractivity contribution < 1.29 is 19.1 Å². The van der Waals surface area contributed by atoms with E-state index in [0.717, 1.165) is 0 Å². The highest BCUT2D eigenvalue weighted by Crippen LogP contribution is 2.11. The zero-order valence-electron chi connectivity index (χ0n) is 10.0. The van der Waals surface area contributed by atoms with Crippen LogP contribution in [0.2, 0.25) is 0 Å². The van der Waals surface area contributed by atoms with E-state index in [1.807, 2.05) is 18.2 Å². The van der Waals surface area contributed by atoms with Crippen LogP contribution >= 0.6 is 0 Å². The Labute approximate surface area is 101 Å². The highest BCUT2D eigenvalue weighted by atomic mass is 16.5. The van der Waals surface area contributed by atoms with Crippen molar-refractivity contribution in [1.82, 2.24) is 0 Å². The maximum atomic E-state index is 11.7. The SMILES string of the molecule is CCC(C(=O)COc1ccccc1)C(=O)OC. The highest BCUT2D eigenvalue weighted by Gasteiger charge is 2.25. The van der Waals surface area contributed by atoms with Crippen molar-refractivity contribution in [2.75, 3.05) is 13.7 Å². The molecule has 0 radical (unpaired) electrons. The maximum absolute atomic E-state index is 11.7. The van der Waals surface area contributed by atoms with E-state index < -0.39 is 11.9 Å². The van der Waals surface area contributed by atoms with Gasteiger partial charge in [-0.2, -0.15) is 0 Å². The molecule has 1 aromatic rings. The number of carbonyl (C=O) groups excluding carboxylic acids is 2. The number of rotatable bonds is 6. The summed E-state index contributed by atoms with van der Waals surface area (Å²) in [6.45, 7) is 1.65. The van der Waals surface area contributed by atoms with Crippen LogP contribution in [0, 0.1) is 5.92 Å². The number of carbonyl (C=O) groups is 2. The molecule has 1 unspecified atom stereocenters. The van der Waals surface area contributed by atoms with Crippen molar-refractivity contribution >= 4 is 11.8 Å². The standard InChI is InChI=1S/C13H16O4/c1-3-11(13(15)16-2)12(14)9-17-10-7-5-4-6-8-10/h4-8,11H,3,9H2,1-2H3. The topological polar surface area (TPSA) is 52.6 Å². The summed E-state index contributed by atoms with van der Waals surface area (Å²) >= 11 is 0. The van der Waals surface area contributed by atoms with Crippen LogP contribution in [-0.2, 0) is 14.3 Å². The van der Waals surface area contributed by atoms with Gasteiger partial charge in [0, 0.05) is 0 Å². The van der Waals surface area contributed by atoms with Gasteiger partial charge in [-0.15, -0.1) is 0 Å². The van der Waals surface area contributed by atoms with E-state index in [0.29, 0.717) is 12.2 Å². The summed E-state index contributed by atoms with van der Waals surface area (Å²) in [6, 6.07) is 9.01. The van der Waals surface area contributed by atoms with Gasteiger partial charge in [0.2, 0.25) is 0 Å². The summed E-state index contributed by atoms with van der Waals surface area (Å²) < 4.78 is 9.85. The van der Waals surface area contributed by atoms with Gasteiger partial charge in [-0.1, -0.05) is 25.1 Å². The largest absolute Gasteiger partial charge is 0.486 e. The van der Waals surface area contributed by atoms with Gasteiger partial charge in [0.25, 0.3) is 0 Å². The fraction of sp³-hybridized carbons (Fsp3) is 0.385. The molecule has 0 saturated heterocycles. The normalized spacial score (nSPS) is 11.6. The molecule has 4 nitrogen and oxygen atoms in total. The van der Waals surface area contributed by atoms with E-state index in [-0.39, 0.29) is 12.4 Å². The van der Waals surface area contributed by atoms with Crippen molar-refractivity contribution in [2.24, 2.45) is 5.92 Å². The lowest BCUT2D eigenvalue weighted by Gasteiger charge is -2.11. The third kappa shape index (κ3) is 3.90. The van der Waals surface area contributed by atoms with Gasteiger partial charge in [0.15, 0.2) is 5.78 Å². The second-order valence-corrected chi connectivity index (χ2v) is 3.55. The number of methoxy groups -OCH3 is 1. The first-order chi connectivity index (χ1) is 8.19. The molecule has 1 aromatic carbocycles. The van der Waals surface area contributed by atoms with E-state index in [4.69, 9.17) is 4.74 Å². The molecular weight excluding hydrogens is 220 g/mol. The van der Waals surface area contributed by atoms with Crippen LogP contribution in [0.1, 0.15) is 13.3 Å². The molecule has 92 valence electrons. The van der Waals surface area contributed by atoms with Crippen LogP contribution in [0.5, 0.6) is 5.75 Å². The summed E-state index contributed by atoms with van der Waals surface area (Å²) in [4.78, 5) is 23.0. The highest BCUT2D eigenvalue weighted by molar-refractivity contribution is 5.99. The quantitative estimate of drug-likeness (QED) is 0.558. The van der Waals surface area contributed by atoms with Crippen LogP contribution in [0.25, 0.3) is 0 Å². The van der Waals surface area contributed by atoms with Crippen LogP contribution < -0.4 is 4.74 Å². The van der Waals surface area contributed by atoms with E-state index in [9.17, 15) is 9.59 Å². The molecule has 0 bridgehead atoms. The van der Waals surface area contributed by atoms with Gasteiger partial charge < -0.3 is 9.47 Å². The van der Waals surface area contributed by atoms with Crippen LogP contribution in [0.4, 0.5) is 0 Å². The van der Waals surface area contributed by atoms with Gasteiger partial charge >= 0.3 is 5.97 Å². The molecule has 0 aliphatic rings. The van der Waals surface area contributed by atoms with Crippen LogP contribution in [-0.4, -0.2) is 25.5 Å². The molecule has 0 fully saturated rings. The molecule has 17 heavy (non-hydrogen) atoms. The first-order valence-corrected chi connectivity index (χ1v) is 5.47. The number of Topliss-reactive ketones (excluding diaryl/α,β-unsaturated/α-hetero) is 1. The predicted molar refractivity (Wildman–Crippen MR) is 62.7 cm³/mol. The smallest absolute Gasteiger partial charge is 0.316 e. The fourth-order valence-corrected chi connectivity index (χ4v) is 1.44. The Morgan fingerprint density at radius 1 is 1.24 bits per heavy atom. The summed E-state index contributed by atoms with van der Waals surface area (Å²) in [5.74, 6) is -0.887. The van der Waals surface area contributed by atoms with Gasteiger partial charge in [-0.25, -0.2) is 0 Å². The molecule has 0 aliphatic carbocycles. The molecule has 0 aromatic heterocycles. The maximum Gasteiger partial charge on any atom is 0.316 e. The molecule has 0 heterocycles. The first kappa shape index (κ1) is 13.2. The monoisotopic (exact) mass is 236 g/mol. The molecule has 1 rings (SSSR count). The van der Waals surface area contributed by atoms with Crippen molar-refractivity contribution in [3.63, 3.8) is 0 Å². The Hall–Kier alpha value is -1.84. The minimum absolute atomic E-state index is 0.113.